The number of hydrogen-bond acceptors (Lipinski definition) is 4. The molecule has 1 fully saturated rings. The Morgan fingerprint density at radius 2 is 1.76 bits per heavy atom. The Morgan fingerprint density at radius 3 is 2.36 bits per heavy atom. The quantitative estimate of drug-likeness (QED) is 0.869. The van der Waals surface area contributed by atoms with E-state index in [4.69, 9.17) is 4.74 Å². The van der Waals surface area contributed by atoms with E-state index in [9.17, 15) is 14.7 Å². The number of Topliss-reactive ketones (excluding diaryl/α,β-unsaturated/α-hetero) is 1. The van der Waals surface area contributed by atoms with Gasteiger partial charge >= 0.3 is 0 Å². The maximum Gasteiger partial charge on any atom is 0.257 e. The average Bonchev–Trinajstić information content (AvgIpc) is 2.67. The molecule has 2 aromatic carbocycles. The number of phenols is 1. The topological polar surface area (TPSA) is 66.8 Å². The summed E-state index contributed by atoms with van der Waals surface area (Å²) in [4.78, 5) is 26.8. The van der Waals surface area contributed by atoms with E-state index < -0.39 is 0 Å². The van der Waals surface area contributed by atoms with Gasteiger partial charge in [-0.1, -0.05) is 30.3 Å². The zero-order chi connectivity index (χ0) is 17.8. The SMILES string of the molecule is COc1ccc(C(=O)N2CCC(C(=O)c3ccccc3)CC2)c(O)c1. The fraction of sp³-hybridized carbons (Fsp3) is 0.300. The van der Waals surface area contributed by atoms with Gasteiger partial charge in [0, 0.05) is 30.6 Å². The molecule has 0 atom stereocenters. The molecule has 2 aromatic rings. The van der Waals surface area contributed by atoms with Gasteiger partial charge in [-0.05, 0) is 25.0 Å². The van der Waals surface area contributed by atoms with Crippen LogP contribution in [-0.4, -0.2) is 41.9 Å². The lowest BCUT2D eigenvalue weighted by molar-refractivity contribution is 0.0647. The van der Waals surface area contributed by atoms with Gasteiger partial charge in [-0.3, -0.25) is 9.59 Å². The Kier molecular flexibility index (Phi) is 5.03. The molecule has 1 aliphatic rings. The Morgan fingerprint density at radius 1 is 1.08 bits per heavy atom. The highest BCUT2D eigenvalue weighted by Gasteiger charge is 2.29. The van der Waals surface area contributed by atoms with Gasteiger partial charge in [0.1, 0.15) is 11.5 Å². The molecule has 5 nitrogen and oxygen atoms in total. The van der Waals surface area contributed by atoms with Gasteiger partial charge in [0.25, 0.3) is 5.91 Å². The van der Waals surface area contributed by atoms with Gasteiger partial charge < -0.3 is 14.7 Å². The Balaban J connectivity index is 1.64. The molecule has 1 amide bonds. The van der Waals surface area contributed by atoms with Crippen LogP contribution in [0.25, 0.3) is 0 Å². The van der Waals surface area contributed by atoms with Crippen molar-refractivity contribution in [2.75, 3.05) is 20.2 Å². The lowest BCUT2D eigenvalue weighted by Gasteiger charge is -2.31. The van der Waals surface area contributed by atoms with Gasteiger partial charge in [0.15, 0.2) is 5.78 Å². The van der Waals surface area contributed by atoms with Crippen molar-refractivity contribution in [3.63, 3.8) is 0 Å². The molecule has 5 heteroatoms. The molecule has 130 valence electrons. The van der Waals surface area contributed by atoms with E-state index in [1.807, 2.05) is 30.3 Å². The molecule has 0 radical (unpaired) electrons. The summed E-state index contributed by atoms with van der Waals surface area (Å²) in [5.74, 6) is 0.273. The highest BCUT2D eigenvalue weighted by Crippen LogP contribution is 2.27. The minimum absolute atomic E-state index is 0.0593. The number of carbonyl (C=O) groups is 2. The van der Waals surface area contributed by atoms with Crippen LogP contribution >= 0.6 is 0 Å². The number of rotatable bonds is 4. The average molecular weight is 339 g/mol. The highest BCUT2D eigenvalue weighted by molar-refractivity contribution is 5.99. The first-order valence-corrected chi connectivity index (χ1v) is 8.35. The summed E-state index contributed by atoms with van der Waals surface area (Å²) in [6, 6.07) is 13.9. The molecule has 0 aliphatic carbocycles. The van der Waals surface area contributed by atoms with E-state index >= 15 is 0 Å². The zero-order valence-corrected chi connectivity index (χ0v) is 14.1. The van der Waals surface area contributed by atoms with Crippen LogP contribution in [0.15, 0.2) is 48.5 Å². The van der Waals surface area contributed by atoms with Gasteiger partial charge in [0.2, 0.25) is 0 Å². The normalized spacial score (nSPS) is 15.0. The summed E-state index contributed by atoms with van der Waals surface area (Å²) >= 11 is 0. The molecular formula is C20H21NO4. The second-order valence-corrected chi connectivity index (χ2v) is 6.18. The Bertz CT molecular complexity index is 765. The molecule has 1 heterocycles. The minimum atomic E-state index is -0.217. The van der Waals surface area contributed by atoms with Crippen LogP contribution in [0.2, 0.25) is 0 Å². The first kappa shape index (κ1) is 17.0. The number of methoxy groups -OCH3 is 1. The van der Waals surface area contributed by atoms with E-state index in [1.165, 1.54) is 13.2 Å². The first-order chi connectivity index (χ1) is 12.1. The molecule has 0 spiro atoms. The van der Waals surface area contributed by atoms with Crippen molar-refractivity contribution in [3.8, 4) is 11.5 Å². The van der Waals surface area contributed by atoms with Crippen LogP contribution in [0.1, 0.15) is 33.6 Å². The maximum atomic E-state index is 12.6. The van der Waals surface area contributed by atoms with Crippen LogP contribution in [0.5, 0.6) is 11.5 Å². The molecule has 0 saturated carbocycles. The second-order valence-electron chi connectivity index (χ2n) is 6.18. The van der Waals surface area contributed by atoms with Crippen LogP contribution in [-0.2, 0) is 0 Å². The van der Waals surface area contributed by atoms with Crippen molar-refractivity contribution in [3.05, 3.63) is 59.7 Å². The number of hydrogen-bond donors (Lipinski definition) is 1. The number of ketones is 1. The summed E-state index contributed by atoms with van der Waals surface area (Å²) in [6.45, 7) is 1.01. The first-order valence-electron chi connectivity index (χ1n) is 8.35. The number of aromatic hydroxyl groups is 1. The molecule has 25 heavy (non-hydrogen) atoms. The number of nitrogens with zero attached hydrogens (tertiary/aromatic N) is 1. The van der Waals surface area contributed by atoms with Crippen LogP contribution in [0.4, 0.5) is 0 Å². The van der Waals surface area contributed by atoms with Crippen LogP contribution in [0, 0.1) is 5.92 Å². The predicted molar refractivity (Wildman–Crippen MR) is 94.1 cm³/mol. The number of piperidine rings is 1. The van der Waals surface area contributed by atoms with E-state index in [1.54, 1.807) is 17.0 Å². The summed E-state index contributed by atoms with van der Waals surface area (Å²) in [5.41, 5.74) is 0.980. The summed E-state index contributed by atoms with van der Waals surface area (Å²) in [5, 5.41) is 10.0. The third kappa shape index (κ3) is 3.65. The number of benzene rings is 2. The minimum Gasteiger partial charge on any atom is -0.507 e. The number of likely N-dealkylation sites (tertiary alicyclic amines) is 1. The van der Waals surface area contributed by atoms with Crippen molar-refractivity contribution < 1.29 is 19.4 Å². The van der Waals surface area contributed by atoms with Crippen molar-refractivity contribution >= 4 is 11.7 Å². The number of ether oxygens (including phenoxy) is 1. The van der Waals surface area contributed by atoms with E-state index in [2.05, 4.69) is 0 Å². The zero-order valence-electron chi connectivity index (χ0n) is 14.1. The summed E-state index contributed by atoms with van der Waals surface area (Å²) in [6.07, 6.45) is 1.27. The molecule has 3 rings (SSSR count). The third-order valence-corrected chi connectivity index (χ3v) is 4.65. The fourth-order valence-corrected chi connectivity index (χ4v) is 3.17. The molecule has 1 aliphatic heterocycles. The van der Waals surface area contributed by atoms with Gasteiger partial charge in [-0.2, -0.15) is 0 Å². The van der Waals surface area contributed by atoms with E-state index in [0.29, 0.717) is 31.7 Å². The standard InChI is InChI=1S/C20H21NO4/c1-25-16-7-8-17(18(22)13-16)20(24)21-11-9-15(10-12-21)19(23)14-5-3-2-4-6-14/h2-8,13,15,22H,9-12H2,1H3. The number of amides is 1. The monoisotopic (exact) mass is 339 g/mol. The van der Waals surface area contributed by atoms with Crippen LogP contribution in [0.3, 0.4) is 0 Å². The summed E-state index contributed by atoms with van der Waals surface area (Å²) in [7, 11) is 1.50. The molecule has 1 N–H and O–H groups in total. The maximum absolute atomic E-state index is 12.6. The molecular weight excluding hydrogens is 318 g/mol. The van der Waals surface area contributed by atoms with E-state index in [0.717, 1.165) is 5.56 Å². The fourth-order valence-electron chi connectivity index (χ4n) is 3.17. The second kappa shape index (κ2) is 7.38. The molecule has 0 aromatic heterocycles. The third-order valence-electron chi connectivity index (χ3n) is 4.65. The molecule has 0 bridgehead atoms. The van der Waals surface area contributed by atoms with Crippen molar-refractivity contribution in [2.24, 2.45) is 5.92 Å². The van der Waals surface area contributed by atoms with Gasteiger partial charge in [-0.25, -0.2) is 0 Å². The van der Waals surface area contributed by atoms with Gasteiger partial charge in [-0.15, -0.1) is 0 Å². The van der Waals surface area contributed by atoms with Crippen LogP contribution < -0.4 is 4.74 Å². The smallest absolute Gasteiger partial charge is 0.257 e. The lowest BCUT2D eigenvalue weighted by Crippen LogP contribution is -2.40. The van der Waals surface area contributed by atoms with Gasteiger partial charge in [0.05, 0.1) is 12.7 Å². The molecule has 0 unspecified atom stereocenters. The van der Waals surface area contributed by atoms with Crippen molar-refractivity contribution in [2.45, 2.75) is 12.8 Å². The van der Waals surface area contributed by atoms with Crippen molar-refractivity contribution in [1.29, 1.82) is 0 Å². The lowest BCUT2D eigenvalue weighted by atomic mass is 9.88. The number of phenolic OH excluding ortho intramolecular Hbond substituents is 1. The Hall–Kier alpha value is -2.82. The summed E-state index contributed by atoms with van der Waals surface area (Å²) < 4.78 is 5.04. The largest absolute Gasteiger partial charge is 0.507 e. The molecule has 1 saturated heterocycles. The highest BCUT2D eigenvalue weighted by atomic mass is 16.5. The number of carbonyl (C=O) groups excluding carboxylic acids is 2. The van der Waals surface area contributed by atoms with E-state index in [-0.39, 0.29) is 28.9 Å². The van der Waals surface area contributed by atoms with Crippen molar-refractivity contribution in [1.82, 2.24) is 4.90 Å². The predicted octanol–water partition coefficient (Wildman–Crippen LogP) is 3.14. The Labute approximate surface area is 146 Å².